The van der Waals surface area contributed by atoms with Gasteiger partial charge in [-0.2, -0.15) is 0 Å². The van der Waals surface area contributed by atoms with E-state index in [4.69, 9.17) is 48.2 Å². The molecule has 8 rings (SSSR count). The highest BCUT2D eigenvalue weighted by atomic mass is 16.6. The first kappa shape index (κ1) is 75.5. The summed E-state index contributed by atoms with van der Waals surface area (Å²) in [5.74, 6) is -2.47. The van der Waals surface area contributed by atoms with E-state index >= 15 is 0 Å². The molecule has 8 saturated carbocycles. The summed E-state index contributed by atoms with van der Waals surface area (Å²) in [7, 11) is 0. The first-order valence-electron chi connectivity index (χ1n) is 36.2. The summed E-state index contributed by atoms with van der Waals surface area (Å²) in [6.45, 7) is 3.94. The van der Waals surface area contributed by atoms with Gasteiger partial charge in [0, 0.05) is 4.91 Å². The monoisotopic (exact) mass is 1340 g/mol. The summed E-state index contributed by atoms with van der Waals surface area (Å²) < 4.78 is 54.3. The number of azide groups is 1. The lowest BCUT2D eigenvalue weighted by Crippen LogP contribution is -2.52. The quantitative estimate of drug-likeness (QED) is 0.0174. The van der Waals surface area contributed by atoms with Gasteiger partial charge in [-0.1, -0.05) is 108 Å². The highest BCUT2D eigenvalue weighted by Gasteiger charge is 2.37. The first-order chi connectivity index (χ1) is 45.9. The summed E-state index contributed by atoms with van der Waals surface area (Å²) in [5.41, 5.74) is 8.33. The molecule has 0 bridgehead atoms. The SMILES string of the molecule is CC(C)(C)OC(=O)CO[C@H]1CCCC[C@@H]1NC(=O)CO[C@H]1CCCC[C@@H]1NC(=O)CO[C@H]1CCCC[C@@H]1NC(=O)CO[C@H]1CCCC[C@@H]1NC(=O)CO[C@H]1CCCC[C@@H]1NC(=O)CO[C@H]1CCCC[C@@H]1NC(=O)CO[C@H]1CCCC[C@@H]1NC(=O)CO[C@H]1CCCC[C@@H]1N=[N+]=[N-]. The van der Waals surface area contributed by atoms with Crippen LogP contribution >= 0.6 is 0 Å². The van der Waals surface area contributed by atoms with Gasteiger partial charge >= 0.3 is 5.97 Å². The number of ether oxygens (including phenoxy) is 9. The van der Waals surface area contributed by atoms with Crippen LogP contribution in [0, 0.1) is 0 Å². The van der Waals surface area contributed by atoms with Crippen LogP contribution in [0.5, 0.6) is 0 Å². The van der Waals surface area contributed by atoms with Crippen LogP contribution in [-0.2, 0) is 81.0 Å². The van der Waals surface area contributed by atoms with Crippen molar-refractivity contribution in [2.24, 2.45) is 5.11 Å². The molecule has 0 spiro atoms. The van der Waals surface area contributed by atoms with Crippen molar-refractivity contribution in [3.05, 3.63) is 10.4 Å². The second-order valence-electron chi connectivity index (χ2n) is 28.6. The molecule has 536 valence electrons. The summed E-state index contributed by atoms with van der Waals surface area (Å²) in [6.07, 6.45) is 23.0. The molecule has 8 aliphatic carbocycles. The van der Waals surface area contributed by atoms with Crippen molar-refractivity contribution >= 4 is 47.3 Å². The Balaban J connectivity index is 0.697. The molecule has 7 amide bonds. The molecule has 0 aliphatic heterocycles. The van der Waals surface area contributed by atoms with Crippen molar-refractivity contribution in [3.8, 4) is 0 Å². The molecule has 8 aliphatic rings. The van der Waals surface area contributed by atoms with Crippen molar-refractivity contribution in [2.45, 2.75) is 329 Å². The fourth-order valence-electron chi connectivity index (χ4n) is 15.3. The fraction of sp³-hybridized carbons (Fsp3) is 0.882. The second-order valence-corrected chi connectivity index (χ2v) is 28.6. The molecule has 95 heavy (non-hydrogen) atoms. The molecule has 7 N–H and O–H groups in total. The Bertz CT molecular complexity index is 2500. The van der Waals surface area contributed by atoms with Gasteiger partial charge < -0.3 is 79.8 Å². The number of nitrogens with zero attached hydrogens (tertiary/aromatic N) is 3. The predicted octanol–water partition coefficient (Wildman–Crippen LogP) is 6.07. The van der Waals surface area contributed by atoms with Gasteiger partial charge in [-0.15, -0.1) is 0 Å². The van der Waals surface area contributed by atoms with E-state index in [1.165, 1.54) is 0 Å². The minimum absolute atomic E-state index is 0.141. The van der Waals surface area contributed by atoms with Gasteiger partial charge in [-0.05, 0) is 129 Å². The van der Waals surface area contributed by atoms with Crippen LogP contribution in [0.2, 0.25) is 0 Å². The Kier molecular flexibility index (Phi) is 31.8. The summed E-state index contributed by atoms with van der Waals surface area (Å²) in [6, 6.07) is -2.34. The molecule has 0 aromatic heterocycles. The van der Waals surface area contributed by atoms with Crippen LogP contribution in [-0.4, -0.2) is 203 Å². The number of nitrogens with one attached hydrogen (secondary N) is 7. The van der Waals surface area contributed by atoms with Crippen molar-refractivity contribution in [2.75, 3.05) is 52.9 Å². The number of hydrogen-bond acceptors (Lipinski definition) is 18. The van der Waals surface area contributed by atoms with Gasteiger partial charge in [0.05, 0.1) is 97.2 Å². The molecule has 0 saturated heterocycles. The molecular weight excluding hydrogens is 1230 g/mol. The summed E-state index contributed by atoms with van der Waals surface area (Å²) in [4.78, 5) is 109. The molecule has 0 radical (unpaired) electrons. The lowest BCUT2D eigenvalue weighted by atomic mass is 9.91. The minimum Gasteiger partial charge on any atom is -0.458 e. The third kappa shape index (κ3) is 26.5. The van der Waals surface area contributed by atoms with Gasteiger partial charge in [0.1, 0.15) is 58.5 Å². The van der Waals surface area contributed by atoms with Crippen LogP contribution in [0.15, 0.2) is 5.11 Å². The van der Waals surface area contributed by atoms with Gasteiger partial charge in [0.15, 0.2) is 0 Å². The summed E-state index contributed by atoms with van der Waals surface area (Å²) in [5, 5.41) is 25.5. The average molecular weight is 1340 g/mol. The Labute approximate surface area is 560 Å². The highest BCUT2D eigenvalue weighted by Crippen LogP contribution is 2.30. The van der Waals surface area contributed by atoms with Crippen LogP contribution in [0.25, 0.3) is 10.4 Å². The molecule has 0 heterocycles. The van der Waals surface area contributed by atoms with Crippen LogP contribution < -0.4 is 37.2 Å². The fourth-order valence-corrected chi connectivity index (χ4v) is 15.3. The predicted molar refractivity (Wildman–Crippen MR) is 348 cm³/mol. The van der Waals surface area contributed by atoms with Crippen molar-refractivity contribution in [3.63, 3.8) is 0 Å². The first-order valence-corrected chi connectivity index (χ1v) is 36.2. The lowest BCUT2D eigenvalue weighted by molar-refractivity contribution is -0.163. The summed E-state index contributed by atoms with van der Waals surface area (Å²) >= 11 is 0. The van der Waals surface area contributed by atoms with E-state index in [9.17, 15) is 38.4 Å². The molecular formula is C68H112N10O17. The molecule has 0 aromatic rings. The topological polar surface area (TPSA) is 353 Å². The minimum atomic E-state index is -0.619. The maximum absolute atomic E-state index is 13.5. The molecule has 27 nitrogen and oxygen atoms in total. The van der Waals surface area contributed by atoms with Crippen molar-refractivity contribution in [1.29, 1.82) is 0 Å². The maximum Gasteiger partial charge on any atom is 0.332 e. The van der Waals surface area contributed by atoms with Crippen LogP contribution in [0.1, 0.15) is 226 Å². The smallest absolute Gasteiger partial charge is 0.332 e. The van der Waals surface area contributed by atoms with E-state index in [-0.39, 0.29) is 191 Å². The Morgan fingerprint density at radius 2 is 0.495 bits per heavy atom. The third-order valence-corrected chi connectivity index (χ3v) is 20.0. The van der Waals surface area contributed by atoms with E-state index in [1.807, 2.05) is 0 Å². The van der Waals surface area contributed by atoms with Crippen molar-refractivity contribution < 1.29 is 81.0 Å². The van der Waals surface area contributed by atoms with Crippen molar-refractivity contribution in [1.82, 2.24) is 37.2 Å². The zero-order valence-corrected chi connectivity index (χ0v) is 56.8. The van der Waals surface area contributed by atoms with E-state index in [0.29, 0.717) is 70.6 Å². The number of carbonyl (C=O) groups excluding carboxylic acids is 8. The zero-order valence-electron chi connectivity index (χ0n) is 56.8. The third-order valence-electron chi connectivity index (χ3n) is 20.0. The van der Waals surface area contributed by atoms with E-state index < -0.39 is 11.6 Å². The second kappa shape index (κ2) is 40.0. The van der Waals surface area contributed by atoms with Gasteiger partial charge in [-0.3, -0.25) is 33.6 Å². The van der Waals surface area contributed by atoms with Crippen LogP contribution in [0.3, 0.4) is 0 Å². The standard InChI is InChI=1S/C68H112N10O17/c1-68(2,3)95-67(86)43-94-58-34-18-10-26-50(58)76-65(84)41-92-56-32-16-8-24-48(56)74-63(82)39-90-54-30-14-6-22-46(54)72-61(80)37-88-52-28-12-4-20-44(52)70-60(79)36-87-53-29-13-5-21-45(53)71-62(81)38-89-55-31-15-7-23-47(55)73-64(83)40-91-57-33-17-9-25-49(57)75-66(85)42-93-59-35-19-11-27-51(59)77-78-69/h44-59H,4-43H2,1-3H3,(H,70,79)(H,71,81)(H,72,80)(H,73,83)(H,74,82)(H,75,85)(H,76,84)/t44-,45-,46-,47-,48-,49-,50-,51-,52-,53-,54-,55-,56-,57-,58-,59-/m0/s1. The number of carbonyl (C=O) groups is 8. The number of rotatable bonds is 32. The molecule has 0 aromatic carbocycles. The Morgan fingerprint density at radius 1 is 0.305 bits per heavy atom. The highest BCUT2D eigenvalue weighted by molar-refractivity contribution is 5.80. The Morgan fingerprint density at radius 3 is 0.716 bits per heavy atom. The normalized spacial score (nSPS) is 31.4. The van der Waals surface area contributed by atoms with E-state index in [2.05, 4.69) is 47.2 Å². The molecule has 16 atom stereocenters. The van der Waals surface area contributed by atoms with E-state index in [0.717, 1.165) is 135 Å². The average Bonchev–Trinajstić information content (AvgIpc) is 1.71. The Hall–Kier alpha value is -5.25. The molecule has 0 unspecified atom stereocenters. The maximum atomic E-state index is 13.5. The number of amides is 7. The van der Waals surface area contributed by atoms with Gasteiger partial charge in [0.2, 0.25) is 41.4 Å². The largest absolute Gasteiger partial charge is 0.458 e. The number of esters is 1. The molecule has 27 heteroatoms. The molecule has 8 fully saturated rings. The van der Waals surface area contributed by atoms with E-state index in [1.54, 1.807) is 20.8 Å². The van der Waals surface area contributed by atoms with Crippen LogP contribution in [0.4, 0.5) is 0 Å². The van der Waals surface area contributed by atoms with Gasteiger partial charge in [-0.25, -0.2) is 4.79 Å². The number of hydrogen-bond donors (Lipinski definition) is 7. The lowest BCUT2D eigenvalue weighted by Gasteiger charge is -2.35. The van der Waals surface area contributed by atoms with Gasteiger partial charge in [0.25, 0.3) is 0 Å². The zero-order chi connectivity index (χ0) is 67.4.